The second-order valence-corrected chi connectivity index (χ2v) is 21.0. The molecule has 1 aromatic carbocycles. The molecule has 3 unspecified atom stereocenters. The molecule has 0 spiro atoms. The van der Waals surface area contributed by atoms with Crippen LogP contribution in [0.3, 0.4) is 0 Å². The van der Waals surface area contributed by atoms with E-state index in [4.69, 9.17) is 28.4 Å². The Bertz CT molecular complexity index is 1700. The summed E-state index contributed by atoms with van der Waals surface area (Å²) in [5.74, 6) is -3.03. The molecule has 5 N–H and O–H groups in total. The predicted octanol–water partition coefficient (Wildman–Crippen LogP) is 2.97. The minimum absolute atomic E-state index is 0.0626. The largest absolute Gasteiger partial charge is 0.459 e. The Balaban J connectivity index is 1.83. The van der Waals surface area contributed by atoms with E-state index in [1.54, 1.807) is 74.6 Å². The van der Waals surface area contributed by atoms with E-state index < -0.39 is 118 Å². The first-order valence-electron chi connectivity index (χ1n) is 21.7. The number of rotatable bonds is 9. The molecule has 0 aromatic heterocycles. The van der Waals surface area contributed by atoms with Crippen molar-refractivity contribution in [2.24, 2.45) is 17.8 Å². The lowest BCUT2D eigenvalue weighted by Gasteiger charge is -2.48. The first kappa shape index (κ1) is 51.8. The smallest absolute Gasteiger partial charge is 0.311 e. The number of esters is 1. The maximum Gasteiger partial charge on any atom is 0.311 e. The number of hydrogen-bond donors (Lipinski definition) is 5. The summed E-state index contributed by atoms with van der Waals surface area (Å²) in [4.78, 5) is 16.3. The van der Waals surface area contributed by atoms with Gasteiger partial charge >= 0.3 is 5.97 Å². The maximum absolute atomic E-state index is 14.4. The molecule has 3 heterocycles. The molecule has 0 saturated carbocycles. The molecule has 17 heteroatoms. The quantitative estimate of drug-likeness (QED) is 0.226. The summed E-state index contributed by atoms with van der Waals surface area (Å²) < 4.78 is 66.6. The normalized spacial score (nSPS) is 44.3. The third-order valence-electron chi connectivity index (χ3n) is 13.7. The number of aliphatic hydroxyl groups is 5. The number of ether oxygens (including phenoxy) is 6. The van der Waals surface area contributed by atoms with E-state index in [1.165, 1.54) is 33.2 Å². The van der Waals surface area contributed by atoms with E-state index in [2.05, 4.69) is 0 Å². The average molecular weight is 889 g/mol. The number of hydrogen-bond acceptors (Lipinski definition) is 15. The topological polar surface area (TPSA) is 214 Å². The van der Waals surface area contributed by atoms with Gasteiger partial charge in [-0.2, -0.15) is 4.31 Å². The zero-order valence-electron chi connectivity index (χ0n) is 38.7. The summed E-state index contributed by atoms with van der Waals surface area (Å²) in [6, 6.07) is 4.84. The number of aryl methyl sites for hydroxylation is 1. The fourth-order valence-electron chi connectivity index (χ4n) is 9.64. The molecule has 0 bridgehead atoms. The highest BCUT2D eigenvalue weighted by Gasteiger charge is 2.53. The fourth-order valence-corrected chi connectivity index (χ4v) is 11.0. The molecule has 61 heavy (non-hydrogen) atoms. The van der Waals surface area contributed by atoms with Crippen LogP contribution < -0.4 is 0 Å². The van der Waals surface area contributed by atoms with Crippen molar-refractivity contribution in [1.29, 1.82) is 0 Å². The van der Waals surface area contributed by atoms with Crippen LogP contribution in [0.4, 0.5) is 0 Å². The van der Waals surface area contributed by atoms with Crippen molar-refractivity contribution in [3.63, 3.8) is 0 Å². The number of methoxy groups -OCH3 is 1. The van der Waals surface area contributed by atoms with Crippen molar-refractivity contribution in [2.45, 2.75) is 197 Å². The van der Waals surface area contributed by atoms with Gasteiger partial charge in [0.1, 0.15) is 30.0 Å². The highest BCUT2D eigenvalue weighted by molar-refractivity contribution is 7.89. The van der Waals surface area contributed by atoms with Crippen LogP contribution >= 0.6 is 0 Å². The van der Waals surface area contributed by atoms with Gasteiger partial charge in [0, 0.05) is 39.1 Å². The number of cyclic esters (lactones) is 1. The van der Waals surface area contributed by atoms with Crippen LogP contribution in [0.1, 0.15) is 100 Å². The van der Waals surface area contributed by atoms with Gasteiger partial charge in [-0.05, 0) is 99.8 Å². The molecule has 4 rings (SSSR count). The number of benzene rings is 1. The summed E-state index contributed by atoms with van der Waals surface area (Å²) in [6.45, 7) is 19.2. The SMILES string of the molecule is CC[C@H]1OC(=O)[C@H](C)[C@@H](O[C@H]2C[C@](C)(OC)[C@@H](O)C(C)O2)[C@H](C)[C@@H](O[C@@H]2OC(C)C[C@@H](N(C)S(=O)(=O)c3ccc(C)cc3)C2O)[C@](C)(O)C[C@@H](C)CN(C)[C@H](C)[C@@H](O)[C@]1(C)O. The third-order valence-corrected chi connectivity index (χ3v) is 15.6. The Morgan fingerprint density at radius 2 is 1.54 bits per heavy atom. The minimum Gasteiger partial charge on any atom is -0.459 e. The van der Waals surface area contributed by atoms with Crippen LogP contribution in [0.5, 0.6) is 0 Å². The van der Waals surface area contributed by atoms with Crippen molar-refractivity contribution in [3.05, 3.63) is 29.8 Å². The van der Waals surface area contributed by atoms with E-state index in [0.29, 0.717) is 6.54 Å². The highest BCUT2D eigenvalue weighted by atomic mass is 32.2. The van der Waals surface area contributed by atoms with Gasteiger partial charge in [0.25, 0.3) is 0 Å². The zero-order chi connectivity index (χ0) is 46.2. The fraction of sp³-hybridized carbons (Fsp3) is 0.841. The summed E-state index contributed by atoms with van der Waals surface area (Å²) in [5.41, 5.74) is -3.78. The van der Waals surface area contributed by atoms with Gasteiger partial charge < -0.3 is 58.9 Å². The number of sulfonamides is 1. The van der Waals surface area contributed by atoms with Gasteiger partial charge in [0.15, 0.2) is 12.6 Å². The van der Waals surface area contributed by atoms with Gasteiger partial charge in [0.05, 0.1) is 52.5 Å². The molecular weight excluding hydrogens is 813 g/mol. The van der Waals surface area contributed by atoms with Crippen molar-refractivity contribution in [1.82, 2.24) is 9.21 Å². The number of carbonyl (C=O) groups is 1. The van der Waals surface area contributed by atoms with Crippen LogP contribution in [-0.4, -0.2) is 167 Å². The van der Waals surface area contributed by atoms with Gasteiger partial charge in [0.2, 0.25) is 10.0 Å². The molecule has 0 radical (unpaired) electrons. The molecule has 352 valence electrons. The van der Waals surface area contributed by atoms with Gasteiger partial charge in [-0.1, -0.05) is 38.5 Å². The standard InChI is InChI=1S/C44H76N2O14S/c1-15-33-44(11,52)37(48)29(7)45(12)23-25(3)21-42(9,51)39(27(5)36(28(6)40(50)58-33)59-34-22-43(10,55-14)38(49)30(8)57-34)60-41-35(47)32(20-26(4)56-41)46(13)61(53,54)31-18-16-24(2)17-19-31/h16-19,25-30,32-39,41,47-49,51-52H,15,20-23H2,1-14H3/t25-,26?,27+,28-,29-,30?,32-,33-,34+,35?,36+,37-,38+,39-,41+,42-,43+,44-/m1/s1. The molecule has 0 aliphatic carbocycles. The van der Waals surface area contributed by atoms with Crippen LogP contribution in [0.2, 0.25) is 0 Å². The van der Waals surface area contributed by atoms with E-state index >= 15 is 0 Å². The lowest BCUT2D eigenvalue weighted by molar-refractivity contribution is -0.317. The second kappa shape index (κ2) is 20.1. The number of nitrogens with zero attached hydrogens (tertiary/aromatic N) is 2. The second-order valence-electron chi connectivity index (χ2n) is 19.0. The van der Waals surface area contributed by atoms with Gasteiger partial charge in [-0.15, -0.1) is 0 Å². The molecule has 16 nitrogen and oxygen atoms in total. The maximum atomic E-state index is 14.4. The predicted molar refractivity (Wildman–Crippen MR) is 227 cm³/mol. The van der Waals surface area contributed by atoms with Crippen LogP contribution in [0.15, 0.2) is 29.2 Å². The summed E-state index contributed by atoms with van der Waals surface area (Å²) in [6.07, 6.45) is -10.7. The minimum atomic E-state index is -4.07. The van der Waals surface area contributed by atoms with E-state index in [-0.39, 0.29) is 36.5 Å². The molecule has 3 saturated heterocycles. The average Bonchev–Trinajstić information content (AvgIpc) is 3.18. The Morgan fingerprint density at radius 1 is 0.934 bits per heavy atom. The van der Waals surface area contributed by atoms with Gasteiger partial charge in [-0.25, -0.2) is 8.42 Å². The Labute approximate surface area is 363 Å². The van der Waals surface area contributed by atoms with Crippen molar-refractivity contribution >= 4 is 16.0 Å². The van der Waals surface area contributed by atoms with Crippen molar-refractivity contribution < 1.29 is 67.2 Å². The van der Waals surface area contributed by atoms with Crippen LogP contribution in [-0.2, 0) is 43.2 Å². The monoisotopic (exact) mass is 889 g/mol. The number of likely N-dealkylation sites (N-methyl/N-ethyl adjacent to an activating group) is 2. The molecule has 3 fully saturated rings. The molecule has 1 aromatic rings. The third kappa shape index (κ3) is 11.3. The highest BCUT2D eigenvalue weighted by Crippen LogP contribution is 2.40. The zero-order valence-corrected chi connectivity index (χ0v) is 39.5. The molecule has 18 atom stereocenters. The molecule has 3 aliphatic rings. The summed E-state index contributed by atoms with van der Waals surface area (Å²) in [7, 11) is 0.609. The Morgan fingerprint density at radius 3 is 2.11 bits per heavy atom. The summed E-state index contributed by atoms with van der Waals surface area (Å²) >= 11 is 0. The van der Waals surface area contributed by atoms with E-state index in [1.807, 2.05) is 18.7 Å². The molecule has 0 amide bonds. The molecular formula is C44H76N2O14S. The Kier molecular flexibility index (Phi) is 17.1. The van der Waals surface area contributed by atoms with Crippen LogP contribution in [0, 0.1) is 24.7 Å². The number of carbonyl (C=O) groups excluding carboxylic acids is 1. The Hall–Kier alpha value is -1.84. The first-order valence-corrected chi connectivity index (χ1v) is 23.2. The lowest BCUT2D eigenvalue weighted by atomic mass is 9.77. The molecule has 3 aliphatic heterocycles. The first-order chi connectivity index (χ1) is 28.1. The van der Waals surface area contributed by atoms with Crippen LogP contribution in [0.25, 0.3) is 0 Å². The number of aliphatic hydroxyl groups excluding tert-OH is 3. The lowest BCUT2D eigenvalue weighted by Crippen LogP contribution is -2.61. The van der Waals surface area contributed by atoms with Crippen molar-refractivity contribution in [2.75, 3.05) is 27.7 Å². The van der Waals surface area contributed by atoms with Crippen molar-refractivity contribution in [3.8, 4) is 0 Å². The van der Waals surface area contributed by atoms with E-state index in [0.717, 1.165) is 9.87 Å². The van der Waals surface area contributed by atoms with Gasteiger partial charge in [-0.3, -0.25) is 4.79 Å². The van der Waals surface area contributed by atoms with E-state index in [9.17, 15) is 38.7 Å². The summed E-state index contributed by atoms with van der Waals surface area (Å²) in [5, 5.41) is 59.1.